The molecular formula is C15H20INO2. The molecule has 1 saturated heterocycles. The van der Waals surface area contributed by atoms with Crippen LogP contribution in [-0.4, -0.2) is 29.0 Å². The molecule has 0 aliphatic carbocycles. The number of halogens is 1. The van der Waals surface area contributed by atoms with E-state index in [0.717, 1.165) is 23.1 Å². The SMILES string of the molecule is CC(C)(C)C1CCN(C(=O)c2cc(I)ccc2O)C1. The van der Waals surface area contributed by atoms with Gasteiger partial charge in [-0.1, -0.05) is 20.8 Å². The topological polar surface area (TPSA) is 40.5 Å². The maximum absolute atomic E-state index is 12.5. The summed E-state index contributed by atoms with van der Waals surface area (Å²) in [7, 11) is 0. The van der Waals surface area contributed by atoms with Crippen molar-refractivity contribution in [2.75, 3.05) is 13.1 Å². The quantitative estimate of drug-likeness (QED) is 0.766. The van der Waals surface area contributed by atoms with Crippen molar-refractivity contribution in [3.63, 3.8) is 0 Å². The number of likely N-dealkylation sites (tertiary alicyclic amines) is 1. The molecule has 0 saturated carbocycles. The van der Waals surface area contributed by atoms with E-state index in [1.807, 2.05) is 4.90 Å². The highest BCUT2D eigenvalue weighted by Gasteiger charge is 2.34. The van der Waals surface area contributed by atoms with Crippen LogP contribution >= 0.6 is 22.6 Å². The maximum atomic E-state index is 12.5. The minimum atomic E-state index is -0.0530. The van der Waals surface area contributed by atoms with Gasteiger partial charge in [-0.25, -0.2) is 0 Å². The normalized spacial score (nSPS) is 19.8. The number of phenolic OH excluding ortho intramolecular Hbond substituents is 1. The zero-order valence-corrected chi connectivity index (χ0v) is 13.8. The fourth-order valence-electron chi connectivity index (χ4n) is 2.50. The van der Waals surface area contributed by atoms with E-state index in [0.29, 0.717) is 11.5 Å². The first-order valence-electron chi connectivity index (χ1n) is 6.57. The standard InChI is InChI=1S/C15H20INO2/c1-15(2,3)10-6-7-17(9-10)14(19)12-8-11(16)4-5-13(12)18/h4-5,8,10,18H,6-7,9H2,1-3H3. The van der Waals surface area contributed by atoms with Gasteiger partial charge in [-0.3, -0.25) is 4.79 Å². The molecule has 0 spiro atoms. The van der Waals surface area contributed by atoms with Crippen molar-refractivity contribution >= 4 is 28.5 Å². The van der Waals surface area contributed by atoms with Gasteiger partial charge < -0.3 is 10.0 Å². The molecule has 1 aromatic rings. The van der Waals surface area contributed by atoms with Gasteiger partial charge in [0.2, 0.25) is 0 Å². The minimum absolute atomic E-state index is 0.0530. The van der Waals surface area contributed by atoms with E-state index in [1.54, 1.807) is 18.2 Å². The molecule has 19 heavy (non-hydrogen) atoms. The average molecular weight is 373 g/mol. The molecule has 1 unspecified atom stereocenters. The molecule has 1 heterocycles. The van der Waals surface area contributed by atoms with Crippen molar-refractivity contribution in [2.45, 2.75) is 27.2 Å². The van der Waals surface area contributed by atoms with Crippen LogP contribution in [0.2, 0.25) is 0 Å². The Morgan fingerprint density at radius 2 is 2.11 bits per heavy atom. The van der Waals surface area contributed by atoms with Gasteiger partial charge in [-0.15, -0.1) is 0 Å². The third kappa shape index (κ3) is 3.22. The molecule has 3 nitrogen and oxygen atoms in total. The van der Waals surface area contributed by atoms with E-state index in [2.05, 4.69) is 43.4 Å². The Morgan fingerprint density at radius 1 is 1.42 bits per heavy atom. The molecule has 1 fully saturated rings. The molecule has 0 bridgehead atoms. The Bertz CT molecular complexity index is 493. The highest BCUT2D eigenvalue weighted by atomic mass is 127. The first-order valence-corrected chi connectivity index (χ1v) is 7.64. The van der Waals surface area contributed by atoms with Crippen molar-refractivity contribution in [1.29, 1.82) is 0 Å². The number of carbonyl (C=O) groups excluding carboxylic acids is 1. The summed E-state index contributed by atoms with van der Waals surface area (Å²) in [5.74, 6) is 0.550. The van der Waals surface area contributed by atoms with Gasteiger partial charge in [0.25, 0.3) is 5.91 Å². The Labute approximate surface area is 128 Å². The highest BCUT2D eigenvalue weighted by molar-refractivity contribution is 14.1. The molecule has 4 heteroatoms. The number of hydrogen-bond acceptors (Lipinski definition) is 2. The Morgan fingerprint density at radius 3 is 2.68 bits per heavy atom. The number of nitrogens with zero attached hydrogens (tertiary/aromatic N) is 1. The summed E-state index contributed by atoms with van der Waals surface area (Å²) in [6.07, 6.45) is 1.04. The zero-order chi connectivity index (χ0) is 14.2. The van der Waals surface area contributed by atoms with Crippen LogP contribution in [0.3, 0.4) is 0 Å². The summed E-state index contributed by atoms with van der Waals surface area (Å²) >= 11 is 2.15. The smallest absolute Gasteiger partial charge is 0.257 e. The summed E-state index contributed by atoms with van der Waals surface area (Å²) < 4.78 is 0.963. The van der Waals surface area contributed by atoms with E-state index in [9.17, 15) is 9.90 Å². The van der Waals surface area contributed by atoms with Crippen molar-refractivity contribution in [3.8, 4) is 5.75 Å². The second-order valence-electron chi connectivity index (χ2n) is 6.26. The fraction of sp³-hybridized carbons (Fsp3) is 0.533. The lowest BCUT2D eigenvalue weighted by Crippen LogP contribution is -2.31. The lowest BCUT2D eigenvalue weighted by Gasteiger charge is -2.27. The summed E-state index contributed by atoms with van der Waals surface area (Å²) in [5, 5.41) is 9.84. The number of aromatic hydroxyl groups is 1. The third-order valence-corrected chi connectivity index (χ3v) is 4.56. The first kappa shape index (κ1) is 14.6. The zero-order valence-electron chi connectivity index (χ0n) is 11.6. The van der Waals surface area contributed by atoms with Gasteiger partial charge in [-0.2, -0.15) is 0 Å². The molecule has 104 valence electrons. The summed E-state index contributed by atoms with van der Waals surface area (Å²) in [6, 6.07) is 5.14. The van der Waals surface area contributed by atoms with Gasteiger partial charge in [0, 0.05) is 16.7 Å². The molecule has 1 atom stereocenters. The van der Waals surface area contributed by atoms with Crippen molar-refractivity contribution in [2.24, 2.45) is 11.3 Å². The monoisotopic (exact) mass is 373 g/mol. The first-order chi connectivity index (χ1) is 8.79. The van der Waals surface area contributed by atoms with Crippen molar-refractivity contribution < 1.29 is 9.90 Å². The number of rotatable bonds is 1. The molecular weight excluding hydrogens is 353 g/mol. The molecule has 1 aliphatic rings. The second kappa shape index (κ2) is 5.31. The lowest BCUT2D eigenvalue weighted by atomic mass is 9.80. The minimum Gasteiger partial charge on any atom is -0.507 e. The largest absolute Gasteiger partial charge is 0.507 e. The van der Waals surface area contributed by atoms with Crippen molar-refractivity contribution in [1.82, 2.24) is 4.90 Å². The third-order valence-electron chi connectivity index (χ3n) is 3.89. The molecule has 1 aromatic carbocycles. The Kier molecular flexibility index (Phi) is 4.08. The molecule has 2 rings (SSSR count). The number of benzene rings is 1. The van der Waals surface area contributed by atoms with E-state index in [1.165, 1.54) is 0 Å². The molecule has 1 N–H and O–H groups in total. The Hall–Kier alpha value is -0.780. The summed E-state index contributed by atoms with van der Waals surface area (Å²) in [6.45, 7) is 8.22. The van der Waals surface area contributed by atoms with Crippen LogP contribution in [-0.2, 0) is 0 Å². The molecule has 0 aromatic heterocycles. The predicted molar refractivity (Wildman–Crippen MR) is 84.3 cm³/mol. The van der Waals surface area contributed by atoms with Crippen LogP contribution < -0.4 is 0 Å². The van der Waals surface area contributed by atoms with Gasteiger partial charge in [0.05, 0.1) is 5.56 Å². The van der Waals surface area contributed by atoms with Crippen LogP contribution in [0.4, 0.5) is 0 Å². The van der Waals surface area contributed by atoms with Gasteiger partial charge >= 0.3 is 0 Å². The van der Waals surface area contributed by atoms with E-state index >= 15 is 0 Å². The molecule has 1 aliphatic heterocycles. The second-order valence-corrected chi connectivity index (χ2v) is 7.51. The lowest BCUT2D eigenvalue weighted by molar-refractivity contribution is 0.0773. The number of carbonyl (C=O) groups is 1. The van der Waals surface area contributed by atoms with Crippen LogP contribution in [0.15, 0.2) is 18.2 Å². The number of amides is 1. The van der Waals surface area contributed by atoms with Gasteiger partial charge in [0.15, 0.2) is 0 Å². The predicted octanol–water partition coefficient (Wildman–Crippen LogP) is 3.51. The van der Waals surface area contributed by atoms with E-state index in [4.69, 9.17) is 0 Å². The van der Waals surface area contributed by atoms with Crippen LogP contribution in [0.5, 0.6) is 5.75 Å². The van der Waals surface area contributed by atoms with E-state index < -0.39 is 0 Å². The molecule has 1 amide bonds. The summed E-state index contributed by atoms with van der Waals surface area (Å²) in [4.78, 5) is 14.3. The van der Waals surface area contributed by atoms with Crippen molar-refractivity contribution in [3.05, 3.63) is 27.3 Å². The Balaban J connectivity index is 2.16. The fourth-order valence-corrected chi connectivity index (χ4v) is 2.99. The summed E-state index contributed by atoms with van der Waals surface area (Å²) in [5.41, 5.74) is 0.642. The maximum Gasteiger partial charge on any atom is 0.257 e. The van der Waals surface area contributed by atoms with Gasteiger partial charge in [-0.05, 0) is 58.5 Å². The van der Waals surface area contributed by atoms with E-state index in [-0.39, 0.29) is 17.1 Å². The number of phenols is 1. The van der Waals surface area contributed by atoms with Crippen LogP contribution in [0.1, 0.15) is 37.6 Å². The highest BCUT2D eigenvalue weighted by Crippen LogP contribution is 2.34. The number of hydrogen-bond donors (Lipinski definition) is 1. The average Bonchev–Trinajstić information content (AvgIpc) is 2.80. The van der Waals surface area contributed by atoms with Crippen LogP contribution in [0, 0.1) is 14.9 Å². The van der Waals surface area contributed by atoms with Crippen LogP contribution in [0.25, 0.3) is 0 Å². The van der Waals surface area contributed by atoms with Gasteiger partial charge in [0.1, 0.15) is 5.75 Å². The molecule has 0 radical (unpaired) electrons.